The number of aromatic amines is 1. The Morgan fingerprint density at radius 2 is 1.74 bits per heavy atom. The van der Waals surface area contributed by atoms with Crippen molar-refractivity contribution in [3.8, 4) is 0 Å². The van der Waals surface area contributed by atoms with Gasteiger partial charge < -0.3 is 10.7 Å². The van der Waals surface area contributed by atoms with Gasteiger partial charge in [-0.2, -0.15) is 0 Å². The van der Waals surface area contributed by atoms with Crippen LogP contribution in [0.5, 0.6) is 0 Å². The SMILES string of the molecule is Cc1ccc(S(=O)(=O)NC(N)=NCCc2c(C)[nH]c3ccc(C)cc23)cc1. The van der Waals surface area contributed by atoms with Crippen LogP contribution in [0.4, 0.5) is 0 Å². The summed E-state index contributed by atoms with van der Waals surface area (Å²) in [5, 5.41) is 1.17. The van der Waals surface area contributed by atoms with E-state index < -0.39 is 10.0 Å². The molecule has 0 unspecified atom stereocenters. The average molecular weight is 385 g/mol. The molecule has 4 N–H and O–H groups in total. The van der Waals surface area contributed by atoms with Crippen LogP contribution in [0.1, 0.15) is 22.4 Å². The number of rotatable bonds is 5. The molecule has 6 nitrogen and oxygen atoms in total. The van der Waals surface area contributed by atoms with Crippen molar-refractivity contribution in [2.75, 3.05) is 6.54 Å². The maximum atomic E-state index is 12.3. The van der Waals surface area contributed by atoms with Crippen molar-refractivity contribution in [1.82, 2.24) is 9.71 Å². The van der Waals surface area contributed by atoms with Crippen LogP contribution in [0.15, 0.2) is 52.4 Å². The van der Waals surface area contributed by atoms with Crippen molar-refractivity contribution in [3.63, 3.8) is 0 Å². The van der Waals surface area contributed by atoms with E-state index in [1.807, 2.05) is 13.8 Å². The van der Waals surface area contributed by atoms with Gasteiger partial charge in [0.2, 0.25) is 5.96 Å². The van der Waals surface area contributed by atoms with Crippen molar-refractivity contribution < 1.29 is 8.42 Å². The number of benzene rings is 2. The van der Waals surface area contributed by atoms with Gasteiger partial charge in [-0.3, -0.25) is 4.99 Å². The fourth-order valence-corrected chi connectivity index (χ4v) is 4.00. The Morgan fingerprint density at radius 1 is 1.07 bits per heavy atom. The summed E-state index contributed by atoms with van der Waals surface area (Å²) in [5.74, 6) is -0.107. The van der Waals surface area contributed by atoms with Gasteiger partial charge in [0.1, 0.15) is 0 Å². The van der Waals surface area contributed by atoms with Crippen LogP contribution in [-0.4, -0.2) is 25.9 Å². The quantitative estimate of drug-likeness (QED) is 0.466. The normalized spacial score (nSPS) is 12.5. The van der Waals surface area contributed by atoms with Gasteiger partial charge in [-0.05, 0) is 57.0 Å². The number of fused-ring (bicyclic) bond motifs is 1. The number of sulfonamides is 1. The van der Waals surface area contributed by atoms with E-state index in [4.69, 9.17) is 5.73 Å². The van der Waals surface area contributed by atoms with Crippen LogP contribution in [0.3, 0.4) is 0 Å². The summed E-state index contributed by atoms with van der Waals surface area (Å²) in [4.78, 5) is 7.71. The van der Waals surface area contributed by atoms with Gasteiger partial charge in [-0.25, -0.2) is 13.1 Å². The van der Waals surface area contributed by atoms with E-state index in [9.17, 15) is 8.42 Å². The topological polar surface area (TPSA) is 100 Å². The minimum Gasteiger partial charge on any atom is -0.369 e. The molecule has 0 amide bonds. The Hall–Kier alpha value is -2.80. The first-order valence-corrected chi connectivity index (χ1v) is 10.2. The highest BCUT2D eigenvalue weighted by Gasteiger charge is 2.14. The van der Waals surface area contributed by atoms with E-state index in [0.29, 0.717) is 13.0 Å². The van der Waals surface area contributed by atoms with E-state index in [-0.39, 0.29) is 10.9 Å². The zero-order chi connectivity index (χ0) is 19.6. The summed E-state index contributed by atoms with van der Waals surface area (Å²) >= 11 is 0. The van der Waals surface area contributed by atoms with Gasteiger partial charge in [-0.15, -0.1) is 0 Å². The predicted octanol–water partition coefficient (Wildman–Crippen LogP) is 2.93. The van der Waals surface area contributed by atoms with E-state index in [1.54, 1.807) is 24.3 Å². The molecule has 7 heteroatoms. The number of hydrogen-bond acceptors (Lipinski definition) is 3. The number of aliphatic imine (C=N–C) groups is 1. The number of hydrogen-bond donors (Lipinski definition) is 3. The summed E-state index contributed by atoms with van der Waals surface area (Å²) in [6, 6.07) is 12.8. The smallest absolute Gasteiger partial charge is 0.264 e. The summed E-state index contributed by atoms with van der Waals surface area (Å²) < 4.78 is 27.0. The maximum Gasteiger partial charge on any atom is 0.264 e. The van der Waals surface area contributed by atoms with Gasteiger partial charge in [0, 0.05) is 23.1 Å². The van der Waals surface area contributed by atoms with Gasteiger partial charge >= 0.3 is 0 Å². The van der Waals surface area contributed by atoms with Crippen molar-refractivity contribution in [2.45, 2.75) is 32.1 Å². The standard InChI is InChI=1S/C20H24N4O2S/c1-13-4-7-16(8-5-13)27(25,26)24-20(21)22-11-10-17-15(3)23-19-9-6-14(2)12-18(17)19/h4-9,12,23H,10-11H2,1-3H3,(H3,21,22,24). The summed E-state index contributed by atoms with van der Waals surface area (Å²) in [6.07, 6.45) is 0.669. The molecular formula is C20H24N4O2S. The number of aryl methyl sites for hydroxylation is 3. The molecule has 0 aliphatic heterocycles. The highest BCUT2D eigenvalue weighted by molar-refractivity contribution is 7.90. The number of H-pyrrole nitrogens is 1. The number of nitrogens with one attached hydrogen (secondary N) is 2. The summed E-state index contributed by atoms with van der Waals surface area (Å²) in [6.45, 7) is 6.37. The van der Waals surface area contributed by atoms with E-state index in [1.165, 1.54) is 16.5 Å². The Morgan fingerprint density at radius 3 is 2.44 bits per heavy atom. The maximum absolute atomic E-state index is 12.3. The largest absolute Gasteiger partial charge is 0.369 e. The number of nitrogens with zero attached hydrogens (tertiary/aromatic N) is 1. The molecule has 27 heavy (non-hydrogen) atoms. The van der Waals surface area contributed by atoms with Gasteiger partial charge in [-0.1, -0.05) is 29.3 Å². The lowest BCUT2D eigenvalue weighted by Gasteiger charge is -2.08. The third-order valence-electron chi connectivity index (χ3n) is 4.49. The van der Waals surface area contributed by atoms with Gasteiger partial charge in [0.25, 0.3) is 10.0 Å². The fraction of sp³-hybridized carbons (Fsp3) is 0.250. The first kappa shape index (κ1) is 19.0. The fourth-order valence-electron chi connectivity index (χ4n) is 3.05. The zero-order valence-corrected chi connectivity index (χ0v) is 16.5. The Bertz CT molecular complexity index is 1100. The molecule has 0 saturated carbocycles. The minimum absolute atomic E-state index is 0.107. The van der Waals surface area contributed by atoms with E-state index in [0.717, 1.165) is 16.8 Å². The van der Waals surface area contributed by atoms with Crippen LogP contribution in [-0.2, 0) is 16.4 Å². The monoisotopic (exact) mass is 384 g/mol. The molecule has 0 atom stereocenters. The third-order valence-corrected chi connectivity index (χ3v) is 5.86. The molecular weight excluding hydrogens is 360 g/mol. The highest BCUT2D eigenvalue weighted by atomic mass is 32.2. The second-order valence-corrected chi connectivity index (χ2v) is 8.40. The number of aromatic nitrogens is 1. The molecule has 0 fully saturated rings. The molecule has 0 bridgehead atoms. The minimum atomic E-state index is -3.72. The Kier molecular flexibility index (Phi) is 5.23. The Labute approximate surface area is 159 Å². The lowest BCUT2D eigenvalue weighted by atomic mass is 10.1. The van der Waals surface area contributed by atoms with Crippen molar-refractivity contribution in [2.24, 2.45) is 10.7 Å². The number of nitrogens with two attached hydrogens (primary N) is 1. The van der Waals surface area contributed by atoms with Crippen molar-refractivity contribution >= 4 is 26.9 Å². The second-order valence-electron chi connectivity index (χ2n) is 6.71. The molecule has 0 aliphatic carbocycles. The molecule has 0 radical (unpaired) electrons. The molecule has 1 heterocycles. The van der Waals surface area contributed by atoms with Crippen LogP contribution in [0.2, 0.25) is 0 Å². The zero-order valence-electron chi connectivity index (χ0n) is 15.7. The first-order chi connectivity index (χ1) is 12.8. The van der Waals surface area contributed by atoms with Crippen molar-refractivity contribution in [1.29, 1.82) is 0 Å². The lowest BCUT2D eigenvalue weighted by Crippen LogP contribution is -2.37. The van der Waals surface area contributed by atoms with Gasteiger partial charge in [0.05, 0.1) is 4.90 Å². The average Bonchev–Trinajstić information content (AvgIpc) is 2.90. The van der Waals surface area contributed by atoms with Crippen LogP contribution < -0.4 is 10.5 Å². The molecule has 1 aromatic heterocycles. The first-order valence-electron chi connectivity index (χ1n) is 8.73. The molecule has 142 valence electrons. The molecule has 0 aliphatic rings. The molecule has 0 spiro atoms. The molecule has 2 aromatic carbocycles. The van der Waals surface area contributed by atoms with Gasteiger partial charge in [0.15, 0.2) is 0 Å². The van der Waals surface area contributed by atoms with E-state index >= 15 is 0 Å². The van der Waals surface area contributed by atoms with Crippen molar-refractivity contribution in [3.05, 3.63) is 64.8 Å². The second kappa shape index (κ2) is 7.44. The summed E-state index contributed by atoms with van der Waals surface area (Å²) in [5.41, 5.74) is 11.3. The van der Waals surface area contributed by atoms with Crippen LogP contribution >= 0.6 is 0 Å². The van der Waals surface area contributed by atoms with Crippen LogP contribution in [0.25, 0.3) is 10.9 Å². The highest BCUT2D eigenvalue weighted by Crippen LogP contribution is 2.23. The Balaban J connectivity index is 1.70. The third kappa shape index (κ3) is 4.31. The summed E-state index contributed by atoms with van der Waals surface area (Å²) in [7, 11) is -3.72. The predicted molar refractivity (Wildman–Crippen MR) is 109 cm³/mol. The molecule has 3 aromatic rings. The molecule has 0 saturated heterocycles. The lowest BCUT2D eigenvalue weighted by molar-refractivity contribution is 0.592. The molecule has 3 rings (SSSR count). The van der Waals surface area contributed by atoms with Crippen LogP contribution in [0, 0.1) is 20.8 Å². The number of guanidine groups is 1. The van der Waals surface area contributed by atoms with E-state index in [2.05, 4.69) is 39.8 Å².